The molecule has 2 amide bonds. The minimum atomic E-state index is -4.55. The highest BCUT2D eigenvalue weighted by molar-refractivity contribution is 7.86. The summed E-state index contributed by atoms with van der Waals surface area (Å²) in [6.45, 7) is 1.26. The van der Waals surface area contributed by atoms with Gasteiger partial charge in [-0.2, -0.15) is 18.5 Å². The van der Waals surface area contributed by atoms with Crippen molar-refractivity contribution in [3.8, 4) is 0 Å². The molecule has 0 saturated carbocycles. The fraction of sp³-hybridized carbons (Fsp3) is 0.182. The lowest BCUT2D eigenvalue weighted by Gasteiger charge is -2.14. The van der Waals surface area contributed by atoms with E-state index in [1.54, 1.807) is 0 Å². The molecular weight excluding hydrogens is 357 g/mol. The van der Waals surface area contributed by atoms with Gasteiger partial charge in [0.15, 0.2) is 0 Å². The molecule has 1 aromatic rings. The van der Waals surface area contributed by atoms with Crippen LogP contribution in [0.4, 0.5) is 5.69 Å². The quantitative estimate of drug-likeness (QED) is 0.768. The van der Waals surface area contributed by atoms with E-state index < -0.39 is 20.9 Å². The van der Waals surface area contributed by atoms with E-state index in [4.69, 9.17) is 27.8 Å². The molecular formula is C11H9Cl2N3O5S. The van der Waals surface area contributed by atoms with Gasteiger partial charge in [0, 0.05) is 6.92 Å². The Morgan fingerprint density at radius 1 is 1.36 bits per heavy atom. The molecule has 0 radical (unpaired) electrons. The lowest BCUT2D eigenvalue weighted by Crippen LogP contribution is -2.27. The number of carbonyl (C=O) groups excluding carboxylic acids is 2. The van der Waals surface area contributed by atoms with Crippen LogP contribution in [0.2, 0.25) is 10.0 Å². The largest absolute Gasteiger partial charge is 0.313 e. The Morgan fingerprint density at radius 3 is 2.55 bits per heavy atom. The number of benzene rings is 1. The van der Waals surface area contributed by atoms with E-state index in [1.807, 2.05) is 0 Å². The second-order valence-corrected chi connectivity index (χ2v) is 6.52. The van der Waals surface area contributed by atoms with Crippen molar-refractivity contribution >= 4 is 56.7 Å². The van der Waals surface area contributed by atoms with E-state index in [-0.39, 0.29) is 33.9 Å². The molecule has 0 bridgehead atoms. The van der Waals surface area contributed by atoms with Gasteiger partial charge < -0.3 is 5.32 Å². The molecule has 0 aromatic heterocycles. The molecule has 1 aromatic carbocycles. The Kier molecular flexibility index (Phi) is 4.43. The number of nitrogens with zero attached hydrogens (tertiary/aromatic N) is 2. The van der Waals surface area contributed by atoms with Gasteiger partial charge in [-0.25, -0.2) is 0 Å². The summed E-state index contributed by atoms with van der Waals surface area (Å²) < 4.78 is 31.3. The zero-order valence-electron chi connectivity index (χ0n) is 11.0. The summed E-state index contributed by atoms with van der Waals surface area (Å²) in [7, 11) is -4.55. The van der Waals surface area contributed by atoms with E-state index in [0.29, 0.717) is 0 Å². The van der Waals surface area contributed by atoms with Crippen LogP contribution < -0.4 is 10.3 Å². The van der Waals surface area contributed by atoms with Crippen LogP contribution in [0.1, 0.15) is 13.3 Å². The first kappa shape index (κ1) is 16.7. The number of anilines is 1. The van der Waals surface area contributed by atoms with Gasteiger partial charge >= 0.3 is 0 Å². The Morgan fingerprint density at radius 2 is 2.00 bits per heavy atom. The maximum Gasteiger partial charge on any atom is 0.296 e. The first-order chi connectivity index (χ1) is 10.1. The topological polar surface area (TPSA) is 116 Å². The summed E-state index contributed by atoms with van der Waals surface area (Å²) in [6, 6.07) is 2.00. The Bertz CT molecular complexity index is 806. The van der Waals surface area contributed by atoms with Crippen molar-refractivity contribution in [3.63, 3.8) is 0 Å². The van der Waals surface area contributed by atoms with Crippen molar-refractivity contribution < 1.29 is 22.6 Å². The third kappa shape index (κ3) is 3.38. The summed E-state index contributed by atoms with van der Waals surface area (Å²) >= 11 is 11.7. The molecule has 118 valence electrons. The van der Waals surface area contributed by atoms with Gasteiger partial charge in [-0.3, -0.25) is 14.1 Å². The number of amidine groups is 1. The predicted molar refractivity (Wildman–Crippen MR) is 79.6 cm³/mol. The molecule has 2 rings (SSSR count). The highest BCUT2D eigenvalue weighted by Gasteiger charge is 2.29. The number of nitrogens with one attached hydrogen (secondary N) is 1. The second-order valence-electron chi connectivity index (χ2n) is 4.32. The minimum Gasteiger partial charge on any atom is -0.313 e. The van der Waals surface area contributed by atoms with Crippen molar-refractivity contribution in [3.05, 3.63) is 22.2 Å². The fourth-order valence-electron chi connectivity index (χ4n) is 1.77. The number of hydrazone groups is 1. The van der Waals surface area contributed by atoms with Gasteiger partial charge in [0.25, 0.3) is 16.0 Å². The molecule has 1 aliphatic rings. The zero-order chi connectivity index (χ0) is 16.7. The summed E-state index contributed by atoms with van der Waals surface area (Å²) in [5.41, 5.74) is 0.0319. The van der Waals surface area contributed by atoms with Gasteiger partial charge in [-0.05, 0) is 12.1 Å². The van der Waals surface area contributed by atoms with Crippen molar-refractivity contribution in [2.75, 3.05) is 5.01 Å². The van der Waals surface area contributed by atoms with Crippen LogP contribution in [0, 0.1) is 0 Å². The third-order valence-corrected chi connectivity index (χ3v) is 4.22. The molecule has 0 unspecified atom stereocenters. The van der Waals surface area contributed by atoms with E-state index in [9.17, 15) is 18.0 Å². The van der Waals surface area contributed by atoms with Crippen LogP contribution in [-0.4, -0.2) is 30.6 Å². The second kappa shape index (κ2) is 5.84. The first-order valence-corrected chi connectivity index (χ1v) is 7.93. The van der Waals surface area contributed by atoms with Crippen molar-refractivity contribution in [1.29, 1.82) is 0 Å². The van der Waals surface area contributed by atoms with Crippen molar-refractivity contribution in [2.45, 2.75) is 18.2 Å². The van der Waals surface area contributed by atoms with E-state index in [0.717, 1.165) is 17.1 Å². The van der Waals surface area contributed by atoms with Crippen LogP contribution in [-0.2, 0) is 19.7 Å². The number of hydrogen-bond donors (Lipinski definition) is 2. The standard InChI is InChI=1S/C11H9Cl2N3O5S/c1-5(17)14-10-4-11(18)16(15-10)8-2-7(13)9(3-6(8)12)22(19,20)21/h2-3H,4H2,1H3,(H,14,15,17)(H,19,20,21). The molecule has 0 aliphatic carbocycles. The average molecular weight is 366 g/mol. The van der Waals surface area contributed by atoms with Crippen molar-refractivity contribution in [1.82, 2.24) is 5.32 Å². The maximum absolute atomic E-state index is 11.9. The minimum absolute atomic E-state index is 0.0319. The molecule has 11 heteroatoms. The monoisotopic (exact) mass is 365 g/mol. The Labute approximate surface area is 135 Å². The predicted octanol–water partition coefficient (Wildman–Crippen LogP) is 1.43. The lowest BCUT2D eigenvalue weighted by atomic mass is 10.3. The molecule has 1 aliphatic heterocycles. The number of carbonyl (C=O) groups is 2. The molecule has 1 heterocycles. The number of hydrogen-bond acceptors (Lipinski definition) is 5. The number of amides is 2. The van der Waals surface area contributed by atoms with Crippen LogP contribution in [0.25, 0.3) is 0 Å². The number of halogens is 2. The van der Waals surface area contributed by atoms with Crippen LogP contribution >= 0.6 is 23.2 Å². The molecule has 0 spiro atoms. The molecule has 22 heavy (non-hydrogen) atoms. The first-order valence-electron chi connectivity index (χ1n) is 5.74. The van der Waals surface area contributed by atoms with Crippen LogP contribution in [0.15, 0.2) is 22.1 Å². The lowest BCUT2D eigenvalue weighted by molar-refractivity contribution is -0.117. The van der Waals surface area contributed by atoms with Crippen molar-refractivity contribution in [2.24, 2.45) is 5.10 Å². The summed E-state index contributed by atoms with van der Waals surface area (Å²) in [4.78, 5) is 22.3. The molecule has 0 saturated heterocycles. The van der Waals surface area contributed by atoms with Gasteiger partial charge in [0.2, 0.25) is 5.91 Å². The van der Waals surface area contributed by atoms with Crippen LogP contribution in [0.5, 0.6) is 0 Å². The fourth-order valence-corrected chi connectivity index (χ4v) is 3.10. The number of rotatable bonds is 2. The molecule has 8 nitrogen and oxygen atoms in total. The molecule has 2 N–H and O–H groups in total. The van der Waals surface area contributed by atoms with E-state index >= 15 is 0 Å². The zero-order valence-corrected chi connectivity index (χ0v) is 13.3. The van der Waals surface area contributed by atoms with Crippen LogP contribution in [0.3, 0.4) is 0 Å². The molecule has 0 atom stereocenters. The average Bonchev–Trinajstić information content (AvgIpc) is 2.70. The van der Waals surface area contributed by atoms with Gasteiger partial charge in [0.1, 0.15) is 10.7 Å². The normalized spacial score (nSPS) is 15.0. The SMILES string of the molecule is CC(=O)NC1=NN(c2cc(Cl)c(S(=O)(=O)O)cc2Cl)C(=O)C1. The van der Waals surface area contributed by atoms with Gasteiger partial charge in [0.05, 0.1) is 22.2 Å². The summed E-state index contributed by atoms with van der Waals surface area (Å²) in [5, 5.41) is 6.69. The summed E-state index contributed by atoms with van der Waals surface area (Å²) in [5.74, 6) is -0.746. The Balaban J connectivity index is 2.46. The Hall–Kier alpha value is -1.68. The smallest absolute Gasteiger partial charge is 0.296 e. The highest BCUT2D eigenvalue weighted by atomic mass is 35.5. The maximum atomic E-state index is 11.9. The summed E-state index contributed by atoms with van der Waals surface area (Å²) in [6.07, 6.45) is -0.145. The highest BCUT2D eigenvalue weighted by Crippen LogP contribution is 2.35. The van der Waals surface area contributed by atoms with E-state index in [1.165, 1.54) is 6.92 Å². The van der Waals surface area contributed by atoms with Gasteiger partial charge in [-0.15, -0.1) is 0 Å². The third-order valence-electron chi connectivity index (χ3n) is 2.60. The van der Waals surface area contributed by atoms with Gasteiger partial charge in [-0.1, -0.05) is 23.2 Å². The van der Waals surface area contributed by atoms with E-state index in [2.05, 4.69) is 10.4 Å². The molecule has 0 fully saturated rings.